The Kier molecular flexibility index (Phi) is 3.81. The van der Waals surface area contributed by atoms with Crippen LogP contribution in [0.25, 0.3) is 10.9 Å². The number of aromatic amines is 1. The van der Waals surface area contributed by atoms with Gasteiger partial charge in [-0.25, -0.2) is 4.79 Å². The standard InChI is InChI=1S/C20H20N2O2/c1-13-8-9-18-17(11-13)15-6-4-7-16(19(15)22-18)20(23)24-12-14-5-2-3-10-21-14/h2-7,10,13,22H,8-9,11-12H2,1H3/t13-/m1/s1. The van der Waals surface area contributed by atoms with Crippen LogP contribution in [0.2, 0.25) is 0 Å². The number of rotatable bonds is 3. The Hall–Kier alpha value is -2.62. The maximum absolute atomic E-state index is 12.5. The molecule has 0 saturated carbocycles. The van der Waals surface area contributed by atoms with Crippen molar-refractivity contribution in [3.63, 3.8) is 0 Å². The Bertz CT molecular complexity index is 883. The van der Waals surface area contributed by atoms with Crippen LogP contribution >= 0.6 is 0 Å². The van der Waals surface area contributed by atoms with Crippen molar-refractivity contribution in [2.45, 2.75) is 32.8 Å². The van der Waals surface area contributed by atoms with Crippen LogP contribution in [-0.2, 0) is 24.2 Å². The minimum absolute atomic E-state index is 0.188. The number of carbonyl (C=O) groups is 1. The third-order valence-corrected chi connectivity index (χ3v) is 4.77. The lowest BCUT2D eigenvalue weighted by Crippen LogP contribution is -2.09. The average molecular weight is 320 g/mol. The van der Waals surface area contributed by atoms with Crippen LogP contribution in [0, 0.1) is 5.92 Å². The number of aromatic nitrogens is 2. The number of nitrogens with zero attached hydrogens (tertiary/aromatic N) is 1. The lowest BCUT2D eigenvalue weighted by molar-refractivity contribution is 0.0470. The summed E-state index contributed by atoms with van der Waals surface area (Å²) in [6.45, 7) is 2.47. The number of benzene rings is 1. The summed E-state index contributed by atoms with van der Waals surface area (Å²) in [7, 11) is 0. The SMILES string of the molecule is C[C@@H]1CCc2[nH]c3c(C(=O)OCc4ccccn4)cccc3c2C1. The van der Waals surface area contributed by atoms with Crippen LogP contribution in [-0.4, -0.2) is 15.9 Å². The Balaban J connectivity index is 1.63. The van der Waals surface area contributed by atoms with Crippen molar-refractivity contribution >= 4 is 16.9 Å². The van der Waals surface area contributed by atoms with Crippen molar-refractivity contribution < 1.29 is 9.53 Å². The molecule has 1 atom stereocenters. The fourth-order valence-electron chi connectivity index (χ4n) is 3.49. The van der Waals surface area contributed by atoms with Gasteiger partial charge < -0.3 is 9.72 Å². The number of esters is 1. The van der Waals surface area contributed by atoms with E-state index in [9.17, 15) is 4.79 Å². The number of H-pyrrole nitrogens is 1. The maximum atomic E-state index is 12.5. The van der Waals surface area contributed by atoms with Crippen molar-refractivity contribution in [2.24, 2.45) is 5.92 Å². The zero-order valence-corrected chi connectivity index (χ0v) is 13.7. The Labute approximate surface area is 140 Å². The normalized spacial score (nSPS) is 16.8. The molecule has 1 N–H and O–H groups in total. The minimum atomic E-state index is -0.308. The quantitative estimate of drug-likeness (QED) is 0.741. The number of nitrogens with one attached hydrogen (secondary N) is 1. The van der Waals surface area contributed by atoms with Crippen molar-refractivity contribution in [1.29, 1.82) is 0 Å². The Morgan fingerprint density at radius 2 is 2.21 bits per heavy atom. The number of para-hydroxylation sites is 1. The summed E-state index contributed by atoms with van der Waals surface area (Å²) >= 11 is 0. The molecule has 0 radical (unpaired) electrons. The summed E-state index contributed by atoms with van der Waals surface area (Å²) < 4.78 is 5.45. The molecule has 122 valence electrons. The summed E-state index contributed by atoms with van der Waals surface area (Å²) in [6, 6.07) is 11.4. The molecule has 0 saturated heterocycles. The summed E-state index contributed by atoms with van der Waals surface area (Å²) in [5.41, 5.74) is 4.89. The number of ether oxygens (including phenoxy) is 1. The van der Waals surface area contributed by atoms with Gasteiger partial charge in [-0.15, -0.1) is 0 Å². The number of fused-ring (bicyclic) bond motifs is 3. The van der Waals surface area contributed by atoms with Gasteiger partial charge in [0.15, 0.2) is 0 Å². The monoisotopic (exact) mass is 320 g/mol. The highest BCUT2D eigenvalue weighted by molar-refractivity contribution is 6.04. The Morgan fingerprint density at radius 3 is 3.04 bits per heavy atom. The van der Waals surface area contributed by atoms with Gasteiger partial charge in [0, 0.05) is 17.3 Å². The molecule has 0 amide bonds. The van der Waals surface area contributed by atoms with Crippen LogP contribution in [0.4, 0.5) is 0 Å². The molecule has 1 aromatic carbocycles. The summed E-state index contributed by atoms with van der Waals surface area (Å²) in [4.78, 5) is 20.2. The second-order valence-corrected chi connectivity index (χ2v) is 6.56. The van der Waals surface area contributed by atoms with Gasteiger partial charge in [0.25, 0.3) is 0 Å². The van der Waals surface area contributed by atoms with Crippen LogP contribution in [0.5, 0.6) is 0 Å². The fraction of sp³-hybridized carbons (Fsp3) is 0.300. The second-order valence-electron chi connectivity index (χ2n) is 6.56. The number of hydrogen-bond donors (Lipinski definition) is 1. The maximum Gasteiger partial charge on any atom is 0.340 e. The number of pyridine rings is 1. The van der Waals surface area contributed by atoms with Crippen molar-refractivity contribution in [3.05, 3.63) is 65.1 Å². The van der Waals surface area contributed by atoms with E-state index in [0.29, 0.717) is 11.5 Å². The van der Waals surface area contributed by atoms with E-state index in [2.05, 4.69) is 23.0 Å². The van der Waals surface area contributed by atoms with Gasteiger partial charge in [0.2, 0.25) is 0 Å². The number of aryl methyl sites for hydroxylation is 1. The predicted molar refractivity (Wildman–Crippen MR) is 92.8 cm³/mol. The van der Waals surface area contributed by atoms with Gasteiger partial charge in [-0.3, -0.25) is 4.98 Å². The third-order valence-electron chi connectivity index (χ3n) is 4.77. The number of carbonyl (C=O) groups excluding carboxylic acids is 1. The highest BCUT2D eigenvalue weighted by Crippen LogP contribution is 2.33. The summed E-state index contributed by atoms with van der Waals surface area (Å²) in [6.07, 6.45) is 5.01. The molecular formula is C20H20N2O2. The molecule has 0 aliphatic heterocycles. The molecule has 1 aliphatic carbocycles. The van der Waals surface area contributed by atoms with Crippen LogP contribution in [0.15, 0.2) is 42.6 Å². The molecule has 4 nitrogen and oxygen atoms in total. The molecule has 2 heterocycles. The van der Waals surface area contributed by atoms with E-state index in [4.69, 9.17) is 4.74 Å². The number of hydrogen-bond acceptors (Lipinski definition) is 3. The van der Waals surface area contributed by atoms with Crippen molar-refractivity contribution in [2.75, 3.05) is 0 Å². The van der Waals surface area contributed by atoms with E-state index in [1.54, 1.807) is 6.20 Å². The summed E-state index contributed by atoms with van der Waals surface area (Å²) in [5, 5.41) is 1.16. The fourth-order valence-corrected chi connectivity index (χ4v) is 3.49. The first-order chi connectivity index (χ1) is 11.7. The largest absolute Gasteiger partial charge is 0.456 e. The van der Waals surface area contributed by atoms with E-state index in [1.807, 2.05) is 30.3 Å². The molecule has 24 heavy (non-hydrogen) atoms. The van der Waals surface area contributed by atoms with Crippen LogP contribution in [0.3, 0.4) is 0 Å². The van der Waals surface area contributed by atoms with Gasteiger partial charge >= 0.3 is 5.97 Å². The molecule has 3 aromatic rings. The molecule has 0 bridgehead atoms. The topological polar surface area (TPSA) is 55.0 Å². The second kappa shape index (κ2) is 6.11. The lowest BCUT2D eigenvalue weighted by atomic mass is 9.87. The molecular weight excluding hydrogens is 300 g/mol. The molecule has 0 unspecified atom stereocenters. The van der Waals surface area contributed by atoms with E-state index in [-0.39, 0.29) is 12.6 Å². The predicted octanol–water partition coefficient (Wildman–Crippen LogP) is 4.04. The highest BCUT2D eigenvalue weighted by atomic mass is 16.5. The first-order valence-corrected chi connectivity index (χ1v) is 8.42. The van der Waals surface area contributed by atoms with E-state index in [1.165, 1.54) is 17.7 Å². The molecule has 1 aliphatic rings. The Morgan fingerprint density at radius 1 is 1.29 bits per heavy atom. The summed E-state index contributed by atoms with van der Waals surface area (Å²) in [5.74, 6) is 0.383. The minimum Gasteiger partial charge on any atom is -0.456 e. The van der Waals surface area contributed by atoms with Gasteiger partial charge in [-0.1, -0.05) is 25.1 Å². The van der Waals surface area contributed by atoms with Gasteiger partial charge in [-0.05, 0) is 48.9 Å². The molecule has 0 fully saturated rings. The average Bonchev–Trinajstić information content (AvgIpc) is 2.98. The first kappa shape index (κ1) is 14.9. The van der Waals surface area contributed by atoms with E-state index < -0.39 is 0 Å². The van der Waals surface area contributed by atoms with Gasteiger partial charge in [-0.2, -0.15) is 0 Å². The zero-order valence-electron chi connectivity index (χ0n) is 13.7. The highest BCUT2D eigenvalue weighted by Gasteiger charge is 2.22. The van der Waals surface area contributed by atoms with Gasteiger partial charge in [0.1, 0.15) is 6.61 Å². The molecule has 4 rings (SSSR count). The first-order valence-electron chi connectivity index (χ1n) is 8.42. The molecule has 2 aromatic heterocycles. The van der Waals surface area contributed by atoms with Crippen LogP contribution in [0.1, 0.15) is 40.7 Å². The van der Waals surface area contributed by atoms with E-state index in [0.717, 1.165) is 29.4 Å². The zero-order chi connectivity index (χ0) is 16.5. The van der Waals surface area contributed by atoms with Crippen molar-refractivity contribution in [1.82, 2.24) is 9.97 Å². The molecule has 0 spiro atoms. The van der Waals surface area contributed by atoms with Crippen molar-refractivity contribution in [3.8, 4) is 0 Å². The smallest absolute Gasteiger partial charge is 0.340 e. The van der Waals surface area contributed by atoms with E-state index >= 15 is 0 Å². The van der Waals surface area contributed by atoms with Gasteiger partial charge in [0.05, 0.1) is 16.8 Å². The third kappa shape index (κ3) is 2.68. The van der Waals surface area contributed by atoms with Crippen LogP contribution < -0.4 is 0 Å². The molecule has 4 heteroatoms. The lowest BCUT2D eigenvalue weighted by Gasteiger charge is -2.17.